The molecule has 1 aromatic heterocycles. The van der Waals surface area contributed by atoms with Gasteiger partial charge >= 0.3 is 0 Å². The van der Waals surface area contributed by atoms with Crippen LogP contribution in [0.15, 0.2) is 34.5 Å². The maximum absolute atomic E-state index is 12.0. The minimum absolute atomic E-state index is 0.245. The van der Waals surface area contributed by atoms with E-state index in [4.69, 9.17) is 16.3 Å². The number of hydrogen-bond acceptors (Lipinski definition) is 4. The lowest BCUT2D eigenvalue weighted by atomic mass is 10.1. The number of sulfonamides is 1. The van der Waals surface area contributed by atoms with Crippen LogP contribution in [0.25, 0.3) is 0 Å². The average molecular weight is 344 g/mol. The molecule has 0 atom stereocenters. The summed E-state index contributed by atoms with van der Waals surface area (Å²) >= 11 is 6.82. The van der Waals surface area contributed by atoms with Crippen LogP contribution in [0.1, 0.15) is 11.1 Å². The number of fused-ring (bicyclic) bond motifs is 1. The monoisotopic (exact) mass is 343 g/mol. The molecule has 4 nitrogen and oxygen atoms in total. The fourth-order valence-electron chi connectivity index (χ4n) is 2.24. The van der Waals surface area contributed by atoms with Crippen molar-refractivity contribution in [1.82, 2.24) is 4.72 Å². The van der Waals surface area contributed by atoms with Crippen molar-refractivity contribution in [2.75, 3.05) is 13.2 Å². The van der Waals surface area contributed by atoms with E-state index in [-0.39, 0.29) is 4.21 Å². The fourth-order valence-corrected chi connectivity index (χ4v) is 4.80. The highest BCUT2D eigenvalue weighted by Crippen LogP contribution is 2.27. The molecule has 0 aliphatic carbocycles. The van der Waals surface area contributed by atoms with Gasteiger partial charge in [-0.1, -0.05) is 23.7 Å². The SMILES string of the molecule is O=S(=O)(NCCc1ccc2c(c1)CCO2)c1ccc(Cl)s1. The predicted octanol–water partition coefficient (Wildman–Crippen LogP) is 2.86. The third-order valence-corrected chi connectivity index (χ3v) is 6.46. The summed E-state index contributed by atoms with van der Waals surface area (Å²) in [6, 6.07) is 9.10. The van der Waals surface area contributed by atoms with Crippen molar-refractivity contribution in [3.8, 4) is 5.75 Å². The molecule has 3 rings (SSSR count). The number of ether oxygens (including phenoxy) is 1. The van der Waals surface area contributed by atoms with Gasteiger partial charge in [-0.25, -0.2) is 13.1 Å². The number of benzene rings is 1. The molecule has 0 bridgehead atoms. The van der Waals surface area contributed by atoms with Gasteiger partial charge in [0.1, 0.15) is 9.96 Å². The Morgan fingerprint density at radius 2 is 2.14 bits per heavy atom. The van der Waals surface area contributed by atoms with Crippen molar-refractivity contribution in [3.05, 3.63) is 45.8 Å². The van der Waals surface area contributed by atoms with Crippen LogP contribution < -0.4 is 9.46 Å². The number of hydrogen-bond donors (Lipinski definition) is 1. The molecule has 1 aliphatic rings. The van der Waals surface area contributed by atoms with Gasteiger partial charge in [0, 0.05) is 13.0 Å². The summed E-state index contributed by atoms with van der Waals surface area (Å²) in [5.74, 6) is 0.938. The van der Waals surface area contributed by atoms with Crippen molar-refractivity contribution < 1.29 is 13.2 Å². The van der Waals surface area contributed by atoms with Gasteiger partial charge in [-0.2, -0.15) is 0 Å². The van der Waals surface area contributed by atoms with E-state index in [1.165, 1.54) is 11.6 Å². The third kappa shape index (κ3) is 3.40. The first kappa shape index (κ1) is 14.8. The van der Waals surface area contributed by atoms with Crippen molar-refractivity contribution in [2.45, 2.75) is 17.1 Å². The zero-order valence-corrected chi connectivity index (χ0v) is 13.5. The lowest BCUT2D eigenvalue weighted by molar-refractivity contribution is 0.357. The molecule has 0 fully saturated rings. The minimum Gasteiger partial charge on any atom is -0.493 e. The smallest absolute Gasteiger partial charge is 0.250 e. The Morgan fingerprint density at radius 3 is 2.90 bits per heavy atom. The standard InChI is InChI=1S/C14H14ClNO3S2/c15-13-3-4-14(20-13)21(17,18)16-7-5-10-1-2-12-11(9-10)6-8-19-12/h1-4,9,16H,5-8H2. The topological polar surface area (TPSA) is 55.4 Å². The third-order valence-electron chi connectivity index (χ3n) is 3.27. The zero-order chi connectivity index (χ0) is 14.9. The first-order valence-corrected chi connectivity index (χ1v) is 9.22. The van der Waals surface area contributed by atoms with E-state index in [0.29, 0.717) is 17.3 Å². The largest absolute Gasteiger partial charge is 0.493 e. The van der Waals surface area contributed by atoms with Crippen LogP contribution in [-0.2, 0) is 22.9 Å². The zero-order valence-electron chi connectivity index (χ0n) is 11.1. The molecule has 0 saturated heterocycles. The highest BCUT2D eigenvalue weighted by Gasteiger charge is 2.16. The Balaban J connectivity index is 1.61. The van der Waals surface area contributed by atoms with Crippen molar-refractivity contribution in [3.63, 3.8) is 0 Å². The van der Waals surface area contributed by atoms with Crippen molar-refractivity contribution in [1.29, 1.82) is 0 Å². The molecular formula is C14H14ClNO3S2. The van der Waals surface area contributed by atoms with Crippen LogP contribution in [0.4, 0.5) is 0 Å². The van der Waals surface area contributed by atoms with Gasteiger partial charge in [0.25, 0.3) is 0 Å². The van der Waals surface area contributed by atoms with Gasteiger partial charge in [0.2, 0.25) is 10.0 Å². The molecule has 1 aromatic carbocycles. The Hall–Kier alpha value is -1.08. The Kier molecular flexibility index (Phi) is 4.21. The fraction of sp³-hybridized carbons (Fsp3) is 0.286. The van der Waals surface area contributed by atoms with E-state index in [1.807, 2.05) is 12.1 Å². The second kappa shape index (κ2) is 5.96. The number of nitrogens with one attached hydrogen (secondary N) is 1. The van der Waals surface area contributed by atoms with Crippen LogP contribution >= 0.6 is 22.9 Å². The summed E-state index contributed by atoms with van der Waals surface area (Å²) in [4.78, 5) is 0. The second-order valence-corrected chi connectivity index (χ2v) is 8.46. The number of rotatable bonds is 5. The molecule has 0 saturated carbocycles. The van der Waals surface area contributed by atoms with E-state index in [9.17, 15) is 8.42 Å². The lowest BCUT2D eigenvalue weighted by Gasteiger charge is -2.06. The quantitative estimate of drug-likeness (QED) is 0.908. The van der Waals surface area contributed by atoms with E-state index in [0.717, 1.165) is 35.7 Å². The summed E-state index contributed by atoms with van der Waals surface area (Å²) in [5, 5.41) is 0. The molecule has 1 aliphatic heterocycles. The van der Waals surface area contributed by atoms with Gasteiger partial charge in [-0.3, -0.25) is 0 Å². The lowest BCUT2D eigenvalue weighted by Crippen LogP contribution is -2.25. The highest BCUT2D eigenvalue weighted by atomic mass is 35.5. The van der Waals surface area contributed by atoms with Gasteiger partial charge in [0.15, 0.2) is 0 Å². The molecule has 0 unspecified atom stereocenters. The van der Waals surface area contributed by atoms with Gasteiger partial charge in [-0.15, -0.1) is 11.3 Å². The van der Waals surface area contributed by atoms with E-state index < -0.39 is 10.0 Å². The van der Waals surface area contributed by atoms with Crippen LogP contribution in [0, 0.1) is 0 Å². The molecule has 21 heavy (non-hydrogen) atoms. The van der Waals surface area contributed by atoms with Gasteiger partial charge in [-0.05, 0) is 35.7 Å². The molecule has 0 amide bonds. The predicted molar refractivity (Wildman–Crippen MR) is 83.9 cm³/mol. The Morgan fingerprint density at radius 1 is 1.29 bits per heavy atom. The van der Waals surface area contributed by atoms with Gasteiger partial charge in [0.05, 0.1) is 10.9 Å². The molecule has 7 heteroatoms. The number of thiophene rings is 1. The summed E-state index contributed by atoms with van der Waals surface area (Å²) in [5.41, 5.74) is 2.30. The maximum Gasteiger partial charge on any atom is 0.250 e. The van der Waals surface area contributed by atoms with Crippen LogP contribution in [-0.4, -0.2) is 21.6 Å². The van der Waals surface area contributed by atoms with E-state index in [1.54, 1.807) is 6.07 Å². The van der Waals surface area contributed by atoms with Crippen LogP contribution in [0.2, 0.25) is 4.34 Å². The molecule has 0 spiro atoms. The Labute approximate surface area is 132 Å². The molecule has 1 N–H and O–H groups in total. The van der Waals surface area contributed by atoms with Crippen LogP contribution in [0.5, 0.6) is 5.75 Å². The van der Waals surface area contributed by atoms with Gasteiger partial charge < -0.3 is 4.74 Å². The molecule has 2 heterocycles. The maximum atomic E-state index is 12.0. The molecular weight excluding hydrogens is 330 g/mol. The van der Waals surface area contributed by atoms with Crippen molar-refractivity contribution in [2.24, 2.45) is 0 Å². The molecule has 112 valence electrons. The summed E-state index contributed by atoms with van der Waals surface area (Å²) in [6.45, 7) is 1.09. The first-order valence-electron chi connectivity index (χ1n) is 6.54. The van der Waals surface area contributed by atoms with Crippen LogP contribution in [0.3, 0.4) is 0 Å². The average Bonchev–Trinajstić information content (AvgIpc) is 3.06. The summed E-state index contributed by atoms with van der Waals surface area (Å²) < 4.78 is 32.8. The summed E-state index contributed by atoms with van der Waals surface area (Å²) in [7, 11) is -3.46. The highest BCUT2D eigenvalue weighted by molar-refractivity contribution is 7.91. The molecule has 2 aromatic rings. The van der Waals surface area contributed by atoms with E-state index in [2.05, 4.69) is 10.8 Å². The van der Waals surface area contributed by atoms with Crippen molar-refractivity contribution >= 4 is 33.0 Å². The Bertz CT molecular complexity index is 755. The normalized spacial score (nSPS) is 14.0. The number of halogens is 1. The molecule has 0 radical (unpaired) electrons. The summed E-state index contributed by atoms with van der Waals surface area (Å²) in [6.07, 6.45) is 1.56. The van der Waals surface area contributed by atoms with E-state index >= 15 is 0 Å². The second-order valence-electron chi connectivity index (χ2n) is 4.75. The first-order chi connectivity index (χ1) is 10.0. The minimum atomic E-state index is -3.46.